The number of nitrogens with zero attached hydrogens (tertiary/aromatic N) is 3. The van der Waals surface area contributed by atoms with E-state index in [-0.39, 0.29) is 17.2 Å². The zero-order valence-electron chi connectivity index (χ0n) is 19.9. The van der Waals surface area contributed by atoms with Gasteiger partial charge in [0.15, 0.2) is 5.16 Å². The van der Waals surface area contributed by atoms with E-state index in [2.05, 4.69) is 41.6 Å². The largest absolute Gasteiger partial charge is 0.341 e. The Balaban J connectivity index is 1.40. The van der Waals surface area contributed by atoms with Crippen molar-refractivity contribution in [2.75, 3.05) is 11.1 Å². The lowest BCUT2D eigenvalue weighted by molar-refractivity contribution is -0.113. The number of thiophene rings is 1. The molecule has 1 amide bonds. The van der Waals surface area contributed by atoms with Gasteiger partial charge in [-0.3, -0.25) is 14.2 Å². The first kappa shape index (κ1) is 23.4. The molecule has 3 aromatic heterocycles. The number of nitrogens with one attached hydrogen (secondary N) is 1. The molecule has 0 bridgehead atoms. The highest BCUT2D eigenvalue weighted by molar-refractivity contribution is 7.99. The highest BCUT2D eigenvalue weighted by atomic mass is 32.2. The number of amides is 1. The molecule has 8 heteroatoms. The van der Waals surface area contributed by atoms with Crippen LogP contribution in [0.5, 0.6) is 0 Å². The Morgan fingerprint density at radius 3 is 2.69 bits per heavy atom. The van der Waals surface area contributed by atoms with Gasteiger partial charge in [0.05, 0.1) is 11.1 Å². The molecule has 0 aliphatic carbocycles. The van der Waals surface area contributed by atoms with Gasteiger partial charge in [0.25, 0.3) is 5.56 Å². The molecule has 35 heavy (non-hydrogen) atoms. The third-order valence-electron chi connectivity index (χ3n) is 6.27. The van der Waals surface area contributed by atoms with E-state index < -0.39 is 0 Å². The highest BCUT2D eigenvalue weighted by Crippen LogP contribution is 2.31. The number of anilines is 1. The number of hydrogen-bond donors (Lipinski definition) is 1. The number of para-hydroxylation sites is 1. The lowest BCUT2D eigenvalue weighted by Crippen LogP contribution is -2.23. The molecule has 0 unspecified atom stereocenters. The second-order valence-corrected chi connectivity index (χ2v) is 10.5. The molecule has 1 N–H and O–H groups in total. The summed E-state index contributed by atoms with van der Waals surface area (Å²) < 4.78 is 3.87. The van der Waals surface area contributed by atoms with Gasteiger partial charge < -0.3 is 9.88 Å². The van der Waals surface area contributed by atoms with E-state index in [9.17, 15) is 9.59 Å². The molecule has 178 valence electrons. The van der Waals surface area contributed by atoms with E-state index in [1.54, 1.807) is 10.6 Å². The summed E-state index contributed by atoms with van der Waals surface area (Å²) in [5.74, 6) is -0.000631. The average molecular weight is 503 g/mol. The Kier molecular flexibility index (Phi) is 6.25. The normalized spacial score (nSPS) is 11.5. The van der Waals surface area contributed by atoms with Gasteiger partial charge in [-0.05, 0) is 50.6 Å². The van der Waals surface area contributed by atoms with E-state index in [0.29, 0.717) is 21.9 Å². The van der Waals surface area contributed by atoms with Crippen LogP contribution >= 0.6 is 23.1 Å². The average Bonchev–Trinajstić information content (AvgIpc) is 3.32. The zero-order chi connectivity index (χ0) is 24.7. The van der Waals surface area contributed by atoms with Crippen LogP contribution in [-0.2, 0) is 17.9 Å². The number of aromatic nitrogens is 3. The van der Waals surface area contributed by atoms with Crippen molar-refractivity contribution in [3.05, 3.63) is 75.9 Å². The molecule has 3 heterocycles. The van der Waals surface area contributed by atoms with Crippen LogP contribution in [0.25, 0.3) is 32.0 Å². The minimum atomic E-state index is -0.147. The number of rotatable bonds is 7. The molecule has 2 aromatic carbocycles. The van der Waals surface area contributed by atoms with E-state index >= 15 is 0 Å². The number of aryl methyl sites for hydroxylation is 3. The van der Waals surface area contributed by atoms with Gasteiger partial charge in [0.1, 0.15) is 4.83 Å². The summed E-state index contributed by atoms with van der Waals surface area (Å²) in [5.41, 5.74) is 3.96. The van der Waals surface area contributed by atoms with Gasteiger partial charge in [-0.1, -0.05) is 36.0 Å². The molecule has 6 nitrogen and oxygen atoms in total. The van der Waals surface area contributed by atoms with Crippen LogP contribution in [0.4, 0.5) is 5.69 Å². The Bertz CT molecular complexity index is 1680. The minimum Gasteiger partial charge on any atom is -0.341 e. The van der Waals surface area contributed by atoms with E-state index in [1.807, 2.05) is 38.1 Å². The molecule has 0 aliphatic rings. The van der Waals surface area contributed by atoms with Crippen molar-refractivity contribution in [2.45, 2.75) is 39.0 Å². The molecular formula is C27H26N4O2S2. The standard InChI is InChI=1S/C27H26N4O2S2/c1-5-13-31-26(33)24-16(3)17(4)35-25(24)29-27(31)34-15-23(32)28-18-11-12-22-20(14-18)19-9-7-8-10-21(19)30(22)6-2/h5,7-12,14H,1,6,13,15H2,2-4H3,(H,28,32). The maximum absolute atomic E-state index is 13.1. The molecule has 0 fully saturated rings. The predicted molar refractivity (Wildman–Crippen MR) is 148 cm³/mol. The van der Waals surface area contributed by atoms with Crippen LogP contribution in [0.2, 0.25) is 0 Å². The minimum absolute atomic E-state index is 0.0857. The lowest BCUT2D eigenvalue weighted by atomic mass is 10.1. The molecule has 0 saturated carbocycles. The van der Waals surface area contributed by atoms with Crippen molar-refractivity contribution < 1.29 is 4.79 Å². The third kappa shape index (κ3) is 4.06. The first-order chi connectivity index (χ1) is 16.9. The lowest BCUT2D eigenvalue weighted by Gasteiger charge is -2.11. The summed E-state index contributed by atoms with van der Waals surface area (Å²) in [5, 5.41) is 6.48. The van der Waals surface area contributed by atoms with Gasteiger partial charge in [0.2, 0.25) is 5.91 Å². The van der Waals surface area contributed by atoms with Crippen LogP contribution < -0.4 is 10.9 Å². The topological polar surface area (TPSA) is 68.9 Å². The maximum Gasteiger partial charge on any atom is 0.263 e. The summed E-state index contributed by atoms with van der Waals surface area (Å²) in [4.78, 5) is 32.5. The predicted octanol–water partition coefficient (Wildman–Crippen LogP) is 6.12. The van der Waals surface area contributed by atoms with Gasteiger partial charge in [-0.25, -0.2) is 4.98 Å². The molecule has 0 atom stereocenters. The van der Waals surface area contributed by atoms with Crippen LogP contribution in [0.15, 0.2) is 65.1 Å². The Labute approximate surface area is 211 Å². The fourth-order valence-corrected chi connectivity index (χ4v) is 6.39. The first-order valence-corrected chi connectivity index (χ1v) is 13.3. The number of thioether (sulfide) groups is 1. The fourth-order valence-electron chi connectivity index (χ4n) is 4.51. The third-order valence-corrected chi connectivity index (χ3v) is 8.35. The summed E-state index contributed by atoms with van der Waals surface area (Å²) in [6, 6.07) is 14.3. The Hall–Kier alpha value is -3.36. The molecule has 5 rings (SSSR count). The van der Waals surface area contributed by atoms with Gasteiger partial charge in [-0.15, -0.1) is 17.9 Å². The second-order valence-electron chi connectivity index (χ2n) is 8.39. The van der Waals surface area contributed by atoms with Crippen molar-refractivity contribution in [2.24, 2.45) is 0 Å². The van der Waals surface area contributed by atoms with Crippen molar-refractivity contribution in [3.8, 4) is 0 Å². The number of fused-ring (bicyclic) bond motifs is 4. The van der Waals surface area contributed by atoms with Crippen molar-refractivity contribution >= 4 is 66.7 Å². The maximum atomic E-state index is 13.1. The smallest absolute Gasteiger partial charge is 0.263 e. The number of hydrogen-bond acceptors (Lipinski definition) is 5. The van der Waals surface area contributed by atoms with Gasteiger partial charge >= 0.3 is 0 Å². The van der Waals surface area contributed by atoms with Crippen LogP contribution in [0.1, 0.15) is 17.4 Å². The summed E-state index contributed by atoms with van der Waals surface area (Å²) in [6.45, 7) is 11.1. The van der Waals surface area contributed by atoms with Crippen molar-refractivity contribution in [1.29, 1.82) is 0 Å². The molecular weight excluding hydrogens is 476 g/mol. The van der Waals surface area contributed by atoms with Crippen molar-refractivity contribution in [3.63, 3.8) is 0 Å². The molecule has 0 radical (unpaired) electrons. The SMILES string of the molecule is C=CCn1c(SCC(=O)Nc2ccc3c(c2)c2ccccc2n3CC)nc2sc(C)c(C)c2c1=O. The highest BCUT2D eigenvalue weighted by Gasteiger charge is 2.17. The van der Waals surface area contributed by atoms with Crippen LogP contribution in [0, 0.1) is 13.8 Å². The van der Waals surface area contributed by atoms with Crippen LogP contribution in [-0.4, -0.2) is 25.8 Å². The molecule has 5 aromatic rings. The molecule has 0 spiro atoms. The molecule has 0 saturated heterocycles. The van der Waals surface area contributed by atoms with Gasteiger partial charge in [-0.2, -0.15) is 0 Å². The van der Waals surface area contributed by atoms with Crippen molar-refractivity contribution in [1.82, 2.24) is 14.1 Å². The fraction of sp³-hybridized carbons (Fsp3) is 0.222. The monoisotopic (exact) mass is 502 g/mol. The van der Waals surface area contributed by atoms with E-state index in [1.165, 1.54) is 34.0 Å². The zero-order valence-corrected chi connectivity index (χ0v) is 21.6. The second kappa shape index (κ2) is 9.36. The number of benzene rings is 2. The van der Waals surface area contributed by atoms with E-state index in [4.69, 9.17) is 4.98 Å². The summed E-state index contributed by atoms with van der Waals surface area (Å²) in [6.07, 6.45) is 1.68. The van der Waals surface area contributed by atoms with Gasteiger partial charge in [0, 0.05) is 45.5 Å². The number of allylic oxidation sites excluding steroid dienone is 1. The molecule has 0 aliphatic heterocycles. The Morgan fingerprint density at radius 2 is 1.91 bits per heavy atom. The Morgan fingerprint density at radius 1 is 1.14 bits per heavy atom. The first-order valence-electron chi connectivity index (χ1n) is 11.5. The quantitative estimate of drug-likeness (QED) is 0.165. The summed E-state index contributed by atoms with van der Waals surface area (Å²) >= 11 is 2.78. The summed E-state index contributed by atoms with van der Waals surface area (Å²) in [7, 11) is 0. The van der Waals surface area contributed by atoms with Crippen LogP contribution in [0.3, 0.4) is 0 Å². The number of carbonyl (C=O) groups excluding carboxylic acids is 1. The number of carbonyl (C=O) groups is 1. The van der Waals surface area contributed by atoms with E-state index in [0.717, 1.165) is 33.6 Å².